The maximum Gasteiger partial charge on any atom is 0.307 e. The summed E-state index contributed by atoms with van der Waals surface area (Å²) in [7, 11) is 0. The second-order valence-electron chi connectivity index (χ2n) is 4.03. The summed E-state index contributed by atoms with van der Waals surface area (Å²) in [6.07, 6.45) is 1.05. The number of aliphatic carboxylic acids is 1. The molecule has 3 nitrogen and oxygen atoms in total. The molecule has 2 N–H and O–H groups in total. The van der Waals surface area contributed by atoms with E-state index in [9.17, 15) is 4.79 Å². The van der Waals surface area contributed by atoms with Crippen molar-refractivity contribution in [3.05, 3.63) is 35.0 Å². The van der Waals surface area contributed by atoms with Crippen molar-refractivity contribution < 1.29 is 9.90 Å². The fraction of sp³-hybridized carbons (Fsp3) is 0.308. The largest absolute Gasteiger partial charge is 0.481 e. The average Bonchev–Trinajstić information content (AvgIpc) is 2.54. The Bertz CT molecular complexity index is 540. The third-order valence-corrected chi connectivity index (χ3v) is 2.92. The van der Waals surface area contributed by atoms with Crippen LogP contribution in [0.15, 0.2) is 18.2 Å². The first-order chi connectivity index (χ1) is 7.61. The van der Waals surface area contributed by atoms with Gasteiger partial charge < -0.3 is 10.1 Å². The van der Waals surface area contributed by atoms with E-state index < -0.39 is 5.97 Å². The van der Waals surface area contributed by atoms with Crippen molar-refractivity contribution in [1.29, 1.82) is 0 Å². The Hall–Kier alpha value is -1.77. The number of carboxylic acids is 1. The van der Waals surface area contributed by atoms with Crippen LogP contribution >= 0.6 is 0 Å². The number of hydrogen-bond donors (Lipinski definition) is 2. The Labute approximate surface area is 94.1 Å². The summed E-state index contributed by atoms with van der Waals surface area (Å²) >= 11 is 0. The van der Waals surface area contributed by atoms with Gasteiger partial charge in [0, 0.05) is 16.6 Å². The number of carboxylic acid groups (broad SMARTS) is 1. The lowest BCUT2D eigenvalue weighted by molar-refractivity contribution is -0.136. The molecule has 1 aromatic heterocycles. The molecule has 0 aliphatic carbocycles. The SMILES string of the molecule is CCc1ccc2[nH]c(C)c(CC(=O)O)c2c1. The van der Waals surface area contributed by atoms with Crippen LogP contribution in [0.25, 0.3) is 10.9 Å². The molecule has 2 rings (SSSR count). The Morgan fingerprint density at radius 1 is 1.44 bits per heavy atom. The van der Waals surface area contributed by atoms with Crippen molar-refractivity contribution in [3.8, 4) is 0 Å². The molecule has 84 valence electrons. The summed E-state index contributed by atoms with van der Waals surface area (Å²) in [5.74, 6) is -0.786. The number of nitrogens with one attached hydrogen (secondary N) is 1. The third-order valence-electron chi connectivity index (χ3n) is 2.92. The van der Waals surface area contributed by atoms with Crippen LogP contribution in [0.5, 0.6) is 0 Å². The number of fused-ring (bicyclic) bond motifs is 1. The third kappa shape index (κ3) is 1.81. The number of aryl methyl sites for hydroxylation is 2. The lowest BCUT2D eigenvalue weighted by atomic mass is 10.0. The Kier molecular flexibility index (Phi) is 2.69. The van der Waals surface area contributed by atoms with Gasteiger partial charge in [0.25, 0.3) is 0 Å². The van der Waals surface area contributed by atoms with Crippen molar-refractivity contribution in [3.63, 3.8) is 0 Å². The smallest absolute Gasteiger partial charge is 0.307 e. The number of H-pyrrole nitrogens is 1. The quantitative estimate of drug-likeness (QED) is 0.830. The summed E-state index contributed by atoms with van der Waals surface area (Å²) in [5, 5.41) is 9.92. The minimum Gasteiger partial charge on any atom is -0.481 e. The second-order valence-corrected chi connectivity index (χ2v) is 4.03. The van der Waals surface area contributed by atoms with E-state index in [1.54, 1.807) is 0 Å². The number of aromatic nitrogens is 1. The Morgan fingerprint density at radius 3 is 2.81 bits per heavy atom. The molecule has 0 fully saturated rings. The van der Waals surface area contributed by atoms with Crippen LogP contribution < -0.4 is 0 Å². The molecule has 0 saturated carbocycles. The average molecular weight is 217 g/mol. The molecule has 1 aromatic carbocycles. The van der Waals surface area contributed by atoms with Crippen LogP contribution in [0.2, 0.25) is 0 Å². The van der Waals surface area contributed by atoms with Crippen LogP contribution in [-0.2, 0) is 17.6 Å². The first-order valence-corrected chi connectivity index (χ1v) is 5.43. The second kappa shape index (κ2) is 4.00. The Balaban J connectivity index is 2.61. The maximum absolute atomic E-state index is 10.8. The predicted octanol–water partition coefficient (Wildman–Crippen LogP) is 2.67. The molecular formula is C13H15NO2. The van der Waals surface area contributed by atoms with Crippen LogP contribution in [-0.4, -0.2) is 16.1 Å². The molecule has 0 bridgehead atoms. The fourth-order valence-corrected chi connectivity index (χ4v) is 2.03. The van der Waals surface area contributed by atoms with Gasteiger partial charge in [-0.2, -0.15) is 0 Å². The molecule has 16 heavy (non-hydrogen) atoms. The van der Waals surface area contributed by atoms with Gasteiger partial charge in [0.2, 0.25) is 0 Å². The van der Waals surface area contributed by atoms with Crippen molar-refractivity contribution in [2.45, 2.75) is 26.7 Å². The zero-order valence-corrected chi connectivity index (χ0v) is 9.50. The minimum absolute atomic E-state index is 0.0823. The highest BCUT2D eigenvalue weighted by atomic mass is 16.4. The van der Waals surface area contributed by atoms with E-state index in [0.717, 1.165) is 28.6 Å². The van der Waals surface area contributed by atoms with Crippen molar-refractivity contribution in [1.82, 2.24) is 4.98 Å². The van der Waals surface area contributed by atoms with Gasteiger partial charge in [-0.25, -0.2) is 0 Å². The van der Waals surface area contributed by atoms with Gasteiger partial charge in [0.1, 0.15) is 0 Å². The molecule has 3 heteroatoms. The van der Waals surface area contributed by atoms with Crippen LogP contribution in [0.4, 0.5) is 0 Å². The van der Waals surface area contributed by atoms with E-state index in [-0.39, 0.29) is 6.42 Å². The monoisotopic (exact) mass is 217 g/mol. The van der Waals surface area contributed by atoms with Crippen LogP contribution in [0.1, 0.15) is 23.7 Å². The first kappa shape index (κ1) is 10.7. The van der Waals surface area contributed by atoms with E-state index in [2.05, 4.69) is 24.0 Å². The van der Waals surface area contributed by atoms with Crippen LogP contribution in [0, 0.1) is 6.92 Å². The zero-order chi connectivity index (χ0) is 11.7. The van der Waals surface area contributed by atoms with Crippen molar-refractivity contribution in [2.24, 2.45) is 0 Å². The lowest BCUT2D eigenvalue weighted by Crippen LogP contribution is -2.00. The molecule has 0 amide bonds. The summed E-state index contributed by atoms with van der Waals surface area (Å²) in [5.41, 5.74) is 4.10. The summed E-state index contributed by atoms with van der Waals surface area (Å²) in [6.45, 7) is 4.02. The normalized spacial score (nSPS) is 10.9. The number of aromatic amines is 1. The van der Waals surface area contributed by atoms with Crippen LogP contribution in [0.3, 0.4) is 0 Å². The number of benzene rings is 1. The Morgan fingerprint density at radius 2 is 2.19 bits per heavy atom. The zero-order valence-electron chi connectivity index (χ0n) is 9.50. The molecule has 0 aliphatic rings. The molecule has 0 unspecified atom stereocenters. The fourth-order valence-electron chi connectivity index (χ4n) is 2.03. The highest BCUT2D eigenvalue weighted by molar-refractivity contribution is 5.88. The molecule has 1 heterocycles. The van der Waals surface area contributed by atoms with Gasteiger partial charge in [-0.3, -0.25) is 4.79 Å². The molecule has 0 aliphatic heterocycles. The number of rotatable bonds is 3. The summed E-state index contributed by atoms with van der Waals surface area (Å²) in [6, 6.07) is 6.17. The molecule has 0 radical (unpaired) electrons. The standard InChI is InChI=1S/C13H15NO2/c1-3-9-4-5-12-11(6-9)10(7-13(15)16)8(2)14-12/h4-6,14H,3,7H2,1-2H3,(H,15,16). The maximum atomic E-state index is 10.8. The molecule has 0 spiro atoms. The number of hydrogen-bond acceptors (Lipinski definition) is 1. The van der Waals surface area contributed by atoms with Gasteiger partial charge in [-0.15, -0.1) is 0 Å². The van der Waals surface area contributed by atoms with E-state index in [1.165, 1.54) is 5.56 Å². The lowest BCUT2D eigenvalue weighted by Gasteiger charge is -1.99. The first-order valence-electron chi connectivity index (χ1n) is 5.43. The van der Waals surface area contributed by atoms with E-state index in [4.69, 9.17) is 5.11 Å². The number of carbonyl (C=O) groups is 1. The highest BCUT2D eigenvalue weighted by Gasteiger charge is 2.11. The van der Waals surface area contributed by atoms with E-state index in [1.807, 2.05) is 13.0 Å². The van der Waals surface area contributed by atoms with Gasteiger partial charge >= 0.3 is 5.97 Å². The molecular weight excluding hydrogens is 202 g/mol. The van der Waals surface area contributed by atoms with Crippen molar-refractivity contribution >= 4 is 16.9 Å². The predicted molar refractivity (Wildman–Crippen MR) is 63.8 cm³/mol. The van der Waals surface area contributed by atoms with Gasteiger partial charge in [-0.05, 0) is 36.6 Å². The summed E-state index contributed by atoms with van der Waals surface area (Å²) < 4.78 is 0. The molecule has 0 atom stereocenters. The van der Waals surface area contributed by atoms with Gasteiger partial charge in [0.15, 0.2) is 0 Å². The molecule has 2 aromatic rings. The summed E-state index contributed by atoms with van der Waals surface area (Å²) in [4.78, 5) is 14.0. The minimum atomic E-state index is -0.786. The highest BCUT2D eigenvalue weighted by Crippen LogP contribution is 2.24. The van der Waals surface area contributed by atoms with Gasteiger partial charge in [-0.1, -0.05) is 13.0 Å². The van der Waals surface area contributed by atoms with Gasteiger partial charge in [0.05, 0.1) is 6.42 Å². The van der Waals surface area contributed by atoms with E-state index in [0.29, 0.717) is 0 Å². The van der Waals surface area contributed by atoms with E-state index >= 15 is 0 Å². The van der Waals surface area contributed by atoms with Crippen molar-refractivity contribution in [2.75, 3.05) is 0 Å². The topological polar surface area (TPSA) is 53.1 Å². The molecule has 0 saturated heterocycles.